The van der Waals surface area contributed by atoms with Crippen molar-refractivity contribution in [1.29, 1.82) is 0 Å². The maximum absolute atomic E-state index is 14.5. The molecule has 1 N–H and O–H groups in total. The third kappa shape index (κ3) is 2.78. The Labute approximate surface area is 152 Å². The number of hydrogen-bond acceptors (Lipinski definition) is 3. The zero-order chi connectivity index (χ0) is 17.6. The zero-order valence-corrected chi connectivity index (χ0v) is 14.3. The van der Waals surface area contributed by atoms with Gasteiger partial charge in [-0.25, -0.2) is 13.8 Å². The molecule has 1 saturated heterocycles. The van der Waals surface area contributed by atoms with Crippen molar-refractivity contribution in [2.24, 2.45) is 0 Å². The molecule has 25 heavy (non-hydrogen) atoms. The number of aromatic amines is 1. The first-order valence-corrected chi connectivity index (χ1v) is 8.28. The molecule has 0 radical (unpaired) electrons. The molecule has 1 fully saturated rings. The number of H-pyrrole nitrogens is 1. The Morgan fingerprint density at radius 2 is 2.08 bits per heavy atom. The van der Waals surface area contributed by atoms with E-state index in [-0.39, 0.29) is 12.1 Å². The van der Waals surface area contributed by atoms with Crippen molar-refractivity contribution in [3.8, 4) is 0 Å². The molecule has 1 aromatic heterocycles. The van der Waals surface area contributed by atoms with Crippen LogP contribution in [0.2, 0.25) is 5.02 Å². The SMILES string of the molecule is Fc1ccc([C@@]2(Cn3[nH]cnc3=S)OC2c2ccccc2Cl)c(F)c1. The molecule has 8 heteroatoms. The first-order valence-electron chi connectivity index (χ1n) is 7.49. The van der Waals surface area contributed by atoms with E-state index in [1.54, 1.807) is 16.8 Å². The first kappa shape index (κ1) is 16.4. The Morgan fingerprint density at radius 1 is 1.28 bits per heavy atom. The fraction of sp³-hybridized carbons (Fsp3) is 0.176. The lowest BCUT2D eigenvalue weighted by Gasteiger charge is -2.15. The highest BCUT2D eigenvalue weighted by atomic mass is 35.5. The third-order valence-corrected chi connectivity index (χ3v) is 4.95. The minimum Gasteiger partial charge on any atom is -0.354 e. The van der Waals surface area contributed by atoms with E-state index in [4.69, 9.17) is 28.6 Å². The molecule has 0 bridgehead atoms. The Kier molecular flexibility index (Phi) is 3.94. The summed E-state index contributed by atoms with van der Waals surface area (Å²) in [5, 5.41) is 3.40. The van der Waals surface area contributed by atoms with E-state index < -0.39 is 23.3 Å². The predicted molar refractivity (Wildman–Crippen MR) is 90.7 cm³/mol. The van der Waals surface area contributed by atoms with Crippen LogP contribution < -0.4 is 0 Å². The van der Waals surface area contributed by atoms with Crippen molar-refractivity contribution in [2.75, 3.05) is 0 Å². The van der Waals surface area contributed by atoms with Crippen LogP contribution >= 0.6 is 23.8 Å². The summed E-state index contributed by atoms with van der Waals surface area (Å²) in [6.45, 7) is 0.199. The van der Waals surface area contributed by atoms with Crippen LogP contribution in [-0.4, -0.2) is 14.8 Å². The lowest BCUT2D eigenvalue weighted by atomic mass is 9.91. The van der Waals surface area contributed by atoms with Gasteiger partial charge in [0.25, 0.3) is 0 Å². The Bertz CT molecular complexity index is 1010. The van der Waals surface area contributed by atoms with Gasteiger partial charge in [-0.2, -0.15) is 0 Å². The molecule has 0 spiro atoms. The molecule has 3 aromatic rings. The summed E-state index contributed by atoms with van der Waals surface area (Å²) in [5.41, 5.74) is -0.0673. The van der Waals surface area contributed by atoms with Crippen LogP contribution in [0.4, 0.5) is 8.78 Å². The summed E-state index contributed by atoms with van der Waals surface area (Å²) in [6, 6.07) is 10.6. The van der Waals surface area contributed by atoms with Gasteiger partial charge in [-0.1, -0.05) is 35.9 Å². The van der Waals surface area contributed by atoms with Gasteiger partial charge in [0, 0.05) is 22.2 Å². The van der Waals surface area contributed by atoms with E-state index in [0.29, 0.717) is 9.79 Å². The maximum atomic E-state index is 14.5. The van der Waals surface area contributed by atoms with Gasteiger partial charge >= 0.3 is 0 Å². The second kappa shape index (κ2) is 6.01. The number of ether oxygens (including phenoxy) is 1. The van der Waals surface area contributed by atoms with Crippen LogP contribution in [0.15, 0.2) is 48.8 Å². The molecule has 2 heterocycles. The summed E-state index contributed by atoms with van der Waals surface area (Å²) >= 11 is 11.4. The summed E-state index contributed by atoms with van der Waals surface area (Å²) in [6.07, 6.45) is 0.968. The second-order valence-electron chi connectivity index (χ2n) is 5.79. The van der Waals surface area contributed by atoms with E-state index in [0.717, 1.165) is 11.6 Å². The number of nitrogens with zero attached hydrogens (tertiary/aromatic N) is 2. The van der Waals surface area contributed by atoms with Crippen LogP contribution in [0.1, 0.15) is 17.2 Å². The Hall–Kier alpha value is -2.09. The summed E-state index contributed by atoms with van der Waals surface area (Å²) in [7, 11) is 0. The van der Waals surface area contributed by atoms with Crippen molar-refractivity contribution in [1.82, 2.24) is 14.8 Å². The quantitative estimate of drug-likeness (QED) is 0.534. The van der Waals surface area contributed by atoms with Gasteiger partial charge in [0.05, 0.1) is 6.54 Å². The van der Waals surface area contributed by atoms with Crippen LogP contribution in [-0.2, 0) is 16.9 Å². The molecule has 0 saturated carbocycles. The average Bonchev–Trinajstić information content (AvgIpc) is 3.14. The van der Waals surface area contributed by atoms with Crippen molar-refractivity contribution in [3.05, 3.63) is 81.3 Å². The molecule has 2 aromatic carbocycles. The Balaban J connectivity index is 1.82. The lowest BCUT2D eigenvalue weighted by molar-refractivity contribution is 0.255. The maximum Gasteiger partial charge on any atom is 0.215 e. The smallest absolute Gasteiger partial charge is 0.215 e. The van der Waals surface area contributed by atoms with Gasteiger partial charge in [0.15, 0.2) is 0 Å². The van der Waals surface area contributed by atoms with Crippen molar-refractivity contribution < 1.29 is 13.5 Å². The minimum atomic E-state index is -1.05. The number of epoxide rings is 1. The molecule has 1 aliphatic rings. The molecular weight excluding hydrogens is 368 g/mol. The molecule has 1 unspecified atom stereocenters. The van der Waals surface area contributed by atoms with Crippen molar-refractivity contribution >= 4 is 23.8 Å². The van der Waals surface area contributed by atoms with Crippen LogP contribution in [0.3, 0.4) is 0 Å². The third-order valence-electron chi connectivity index (χ3n) is 4.28. The van der Waals surface area contributed by atoms with E-state index in [2.05, 4.69) is 10.1 Å². The van der Waals surface area contributed by atoms with E-state index in [1.807, 2.05) is 12.1 Å². The minimum absolute atomic E-state index is 0.199. The fourth-order valence-electron chi connectivity index (χ4n) is 3.05. The molecule has 1 aliphatic heterocycles. The molecular formula is C17H12ClF2N3OS. The Morgan fingerprint density at radius 3 is 2.76 bits per heavy atom. The van der Waals surface area contributed by atoms with E-state index >= 15 is 0 Å². The van der Waals surface area contributed by atoms with Crippen LogP contribution in [0, 0.1) is 16.4 Å². The topological polar surface area (TPSA) is 46.1 Å². The number of rotatable bonds is 4. The van der Waals surface area contributed by atoms with Gasteiger partial charge < -0.3 is 4.74 Å². The fourth-order valence-corrected chi connectivity index (χ4v) is 3.45. The highest BCUT2D eigenvalue weighted by Gasteiger charge is 2.60. The molecule has 2 atom stereocenters. The average molecular weight is 380 g/mol. The predicted octanol–water partition coefficient (Wildman–Crippen LogP) is 4.54. The number of aromatic nitrogens is 3. The molecule has 4 nitrogen and oxygen atoms in total. The standard InChI is InChI=1S/C17H12ClF2N3OS/c18-13-4-2-1-3-11(13)15-17(24-15,8-23-16(25)21-9-22-23)12-6-5-10(19)7-14(12)20/h1-7,9,15H,8H2,(H,21,22,25)/t15?,17-/m1/s1. The van der Waals surface area contributed by atoms with Crippen LogP contribution in [0.25, 0.3) is 0 Å². The lowest BCUT2D eigenvalue weighted by Crippen LogP contribution is -2.21. The highest BCUT2D eigenvalue weighted by Crippen LogP contribution is 2.59. The van der Waals surface area contributed by atoms with Crippen molar-refractivity contribution in [2.45, 2.75) is 18.2 Å². The monoisotopic (exact) mass is 379 g/mol. The molecule has 4 rings (SSSR count). The van der Waals surface area contributed by atoms with Gasteiger partial charge in [-0.3, -0.25) is 9.78 Å². The van der Waals surface area contributed by atoms with E-state index in [9.17, 15) is 8.78 Å². The number of hydrogen-bond donors (Lipinski definition) is 1. The second-order valence-corrected chi connectivity index (χ2v) is 6.56. The first-order chi connectivity index (χ1) is 12.0. The van der Waals surface area contributed by atoms with E-state index in [1.165, 1.54) is 18.5 Å². The summed E-state index contributed by atoms with van der Waals surface area (Å²) in [4.78, 5) is 3.96. The van der Waals surface area contributed by atoms with Gasteiger partial charge in [-0.05, 0) is 24.4 Å². The van der Waals surface area contributed by atoms with Gasteiger partial charge in [0.2, 0.25) is 4.77 Å². The number of nitrogens with one attached hydrogen (secondary N) is 1. The molecule has 128 valence electrons. The summed E-state index contributed by atoms with van der Waals surface area (Å²) in [5.74, 6) is -1.33. The summed E-state index contributed by atoms with van der Waals surface area (Å²) < 4.78 is 35.7. The van der Waals surface area contributed by atoms with Crippen LogP contribution in [0.5, 0.6) is 0 Å². The van der Waals surface area contributed by atoms with Crippen molar-refractivity contribution in [3.63, 3.8) is 0 Å². The number of benzene rings is 2. The normalized spacial score (nSPS) is 22.1. The largest absolute Gasteiger partial charge is 0.354 e. The molecule has 0 amide bonds. The van der Waals surface area contributed by atoms with Gasteiger partial charge in [-0.15, -0.1) is 0 Å². The number of halogens is 3. The zero-order valence-electron chi connectivity index (χ0n) is 12.7. The van der Waals surface area contributed by atoms with Gasteiger partial charge in [0.1, 0.15) is 29.7 Å². The molecule has 0 aliphatic carbocycles. The highest BCUT2D eigenvalue weighted by molar-refractivity contribution is 7.71.